The summed E-state index contributed by atoms with van der Waals surface area (Å²) in [5.74, 6) is -0.0941. The predicted octanol–water partition coefficient (Wildman–Crippen LogP) is 3.66. The van der Waals surface area contributed by atoms with E-state index in [2.05, 4.69) is 10.2 Å². The first-order chi connectivity index (χ1) is 13.0. The van der Waals surface area contributed by atoms with Gasteiger partial charge in [0.2, 0.25) is 11.8 Å². The van der Waals surface area contributed by atoms with E-state index in [-0.39, 0.29) is 11.8 Å². The molecule has 0 spiro atoms. The van der Waals surface area contributed by atoms with Crippen molar-refractivity contribution in [2.45, 2.75) is 6.92 Å². The molecule has 1 saturated heterocycles. The highest BCUT2D eigenvalue weighted by Crippen LogP contribution is 2.26. The number of nitrogens with zero attached hydrogens (tertiary/aromatic N) is 2. The van der Waals surface area contributed by atoms with E-state index in [4.69, 9.17) is 11.6 Å². The maximum atomic E-state index is 12.3. The molecule has 1 fully saturated rings. The van der Waals surface area contributed by atoms with Crippen molar-refractivity contribution in [1.82, 2.24) is 4.90 Å². The zero-order valence-corrected chi connectivity index (χ0v) is 15.9. The van der Waals surface area contributed by atoms with Gasteiger partial charge in [0.15, 0.2) is 0 Å². The first-order valence-electron chi connectivity index (χ1n) is 8.87. The standard InChI is InChI=1S/C21H22ClN3O2/c1-16(26)24-12-14-25(15-13-24)20-5-3-2-4-19(20)23-21(27)11-8-17-6-9-18(22)10-7-17/h2-11H,12-15H2,1H3,(H,23,27)/b11-8+. The number of benzene rings is 2. The quantitative estimate of drug-likeness (QED) is 0.820. The number of carbonyl (C=O) groups excluding carboxylic acids is 2. The lowest BCUT2D eigenvalue weighted by atomic mass is 10.2. The lowest BCUT2D eigenvalue weighted by Gasteiger charge is -2.36. The third-order valence-electron chi connectivity index (χ3n) is 4.52. The molecular formula is C21H22ClN3O2. The van der Waals surface area contributed by atoms with Crippen LogP contribution in [0.4, 0.5) is 11.4 Å². The normalized spacial score (nSPS) is 14.4. The van der Waals surface area contributed by atoms with Gasteiger partial charge in [-0.1, -0.05) is 35.9 Å². The highest BCUT2D eigenvalue weighted by Gasteiger charge is 2.20. The Morgan fingerprint density at radius 2 is 1.67 bits per heavy atom. The van der Waals surface area contributed by atoms with E-state index in [0.717, 1.165) is 30.0 Å². The van der Waals surface area contributed by atoms with Crippen LogP contribution in [0.15, 0.2) is 54.6 Å². The minimum absolute atomic E-state index is 0.101. The average Bonchev–Trinajstić information content (AvgIpc) is 2.68. The second kappa shape index (κ2) is 8.73. The molecule has 0 aliphatic carbocycles. The van der Waals surface area contributed by atoms with Gasteiger partial charge < -0.3 is 15.1 Å². The number of hydrogen-bond acceptors (Lipinski definition) is 3. The maximum absolute atomic E-state index is 12.3. The Bertz CT molecular complexity index is 841. The van der Waals surface area contributed by atoms with Crippen molar-refractivity contribution in [2.75, 3.05) is 36.4 Å². The third-order valence-corrected chi connectivity index (χ3v) is 4.78. The molecule has 0 bridgehead atoms. The van der Waals surface area contributed by atoms with Gasteiger partial charge in [-0.2, -0.15) is 0 Å². The lowest BCUT2D eigenvalue weighted by molar-refractivity contribution is -0.129. The molecule has 1 heterocycles. The molecule has 1 aliphatic rings. The van der Waals surface area contributed by atoms with E-state index in [1.54, 1.807) is 25.1 Å². The number of hydrogen-bond donors (Lipinski definition) is 1. The van der Waals surface area contributed by atoms with Gasteiger partial charge in [-0.3, -0.25) is 9.59 Å². The van der Waals surface area contributed by atoms with E-state index in [9.17, 15) is 9.59 Å². The number of carbonyl (C=O) groups is 2. The summed E-state index contributed by atoms with van der Waals surface area (Å²) in [6.45, 7) is 4.46. The number of halogens is 1. The fourth-order valence-corrected chi connectivity index (χ4v) is 3.16. The van der Waals surface area contributed by atoms with Crippen LogP contribution in [0, 0.1) is 0 Å². The lowest BCUT2D eigenvalue weighted by Crippen LogP contribution is -2.48. The molecule has 5 nitrogen and oxygen atoms in total. The van der Waals surface area contributed by atoms with Crippen molar-refractivity contribution in [3.63, 3.8) is 0 Å². The molecule has 3 rings (SSSR count). The molecule has 0 atom stereocenters. The Balaban J connectivity index is 1.66. The number of para-hydroxylation sites is 2. The van der Waals surface area contributed by atoms with Crippen molar-refractivity contribution in [1.29, 1.82) is 0 Å². The number of rotatable bonds is 4. The van der Waals surface area contributed by atoms with Crippen LogP contribution >= 0.6 is 11.6 Å². The van der Waals surface area contributed by atoms with Gasteiger partial charge in [0.1, 0.15) is 0 Å². The average molecular weight is 384 g/mol. The highest BCUT2D eigenvalue weighted by molar-refractivity contribution is 6.30. The predicted molar refractivity (Wildman–Crippen MR) is 110 cm³/mol. The van der Waals surface area contributed by atoms with Crippen molar-refractivity contribution < 1.29 is 9.59 Å². The fourth-order valence-electron chi connectivity index (χ4n) is 3.04. The Morgan fingerprint density at radius 1 is 1.00 bits per heavy atom. The van der Waals surface area contributed by atoms with E-state index in [1.807, 2.05) is 41.3 Å². The molecule has 2 amide bonds. The maximum Gasteiger partial charge on any atom is 0.248 e. The molecule has 0 saturated carbocycles. The molecule has 6 heteroatoms. The topological polar surface area (TPSA) is 52.7 Å². The monoisotopic (exact) mass is 383 g/mol. The summed E-state index contributed by atoms with van der Waals surface area (Å²) in [7, 11) is 0. The molecular weight excluding hydrogens is 362 g/mol. The molecule has 1 aliphatic heterocycles. The molecule has 140 valence electrons. The fraction of sp³-hybridized carbons (Fsp3) is 0.238. The second-order valence-electron chi connectivity index (χ2n) is 6.38. The minimum atomic E-state index is -0.195. The second-order valence-corrected chi connectivity index (χ2v) is 6.82. The van der Waals surface area contributed by atoms with Gasteiger partial charge in [-0.15, -0.1) is 0 Å². The summed E-state index contributed by atoms with van der Waals surface area (Å²) in [5, 5.41) is 3.61. The van der Waals surface area contributed by atoms with E-state index in [1.165, 1.54) is 6.08 Å². The van der Waals surface area contributed by atoms with E-state index >= 15 is 0 Å². The largest absolute Gasteiger partial charge is 0.366 e. The number of piperazine rings is 1. The number of amides is 2. The van der Waals surface area contributed by atoms with Crippen molar-refractivity contribution in [2.24, 2.45) is 0 Å². The minimum Gasteiger partial charge on any atom is -0.366 e. The van der Waals surface area contributed by atoms with Crippen LogP contribution in [0.2, 0.25) is 5.02 Å². The summed E-state index contributed by atoms with van der Waals surface area (Å²) < 4.78 is 0. The molecule has 0 radical (unpaired) electrons. The van der Waals surface area contributed by atoms with Crippen LogP contribution in [0.5, 0.6) is 0 Å². The van der Waals surface area contributed by atoms with E-state index < -0.39 is 0 Å². The summed E-state index contributed by atoms with van der Waals surface area (Å²) in [6.07, 6.45) is 3.26. The Kier molecular flexibility index (Phi) is 6.14. The zero-order chi connectivity index (χ0) is 19.2. The summed E-state index contributed by atoms with van der Waals surface area (Å²) >= 11 is 5.87. The van der Waals surface area contributed by atoms with Crippen LogP contribution in [-0.4, -0.2) is 42.9 Å². The summed E-state index contributed by atoms with van der Waals surface area (Å²) in [6, 6.07) is 15.0. The van der Waals surface area contributed by atoms with Crippen LogP contribution < -0.4 is 10.2 Å². The molecule has 1 N–H and O–H groups in total. The van der Waals surface area contributed by atoms with Gasteiger partial charge in [0.05, 0.1) is 11.4 Å². The zero-order valence-electron chi connectivity index (χ0n) is 15.2. The van der Waals surface area contributed by atoms with Crippen LogP contribution in [0.25, 0.3) is 6.08 Å². The van der Waals surface area contributed by atoms with Gasteiger partial charge in [-0.05, 0) is 35.9 Å². The van der Waals surface area contributed by atoms with Crippen LogP contribution in [0.1, 0.15) is 12.5 Å². The molecule has 0 aromatic heterocycles. The Labute approximate surface area is 164 Å². The van der Waals surface area contributed by atoms with E-state index in [0.29, 0.717) is 18.1 Å². The molecule has 2 aromatic rings. The highest BCUT2D eigenvalue weighted by atomic mass is 35.5. The van der Waals surface area contributed by atoms with Crippen LogP contribution in [-0.2, 0) is 9.59 Å². The van der Waals surface area contributed by atoms with Gasteiger partial charge >= 0.3 is 0 Å². The third kappa shape index (κ3) is 5.11. The molecule has 27 heavy (non-hydrogen) atoms. The smallest absolute Gasteiger partial charge is 0.248 e. The van der Waals surface area contributed by atoms with Gasteiger partial charge in [-0.25, -0.2) is 0 Å². The first-order valence-corrected chi connectivity index (χ1v) is 9.25. The Hall–Kier alpha value is -2.79. The van der Waals surface area contributed by atoms with Crippen molar-refractivity contribution in [3.8, 4) is 0 Å². The molecule has 0 unspecified atom stereocenters. The first kappa shape index (κ1) is 19.0. The van der Waals surface area contributed by atoms with Crippen molar-refractivity contribution in [3.05, 3.63) is 65.2 Å². The Morgan fingerprint density at radius 3 is 2.33 bits per heavy atom. The summed E-state index contributed by atoms with van der Waals surface area (Å²) in [4.78, 5) is 27.9. The SMILES string of the molecule is CC(=O)N1CCN(c2ccccc2NC(=O)/C=C/c2ccc(Cl)cc2)CC1. The van der Waals surface area contributed by atoms with Gasteiger partial charge in [0.25, 0.3) is 0 Å². The number of anilines is 2. The molecule has 2 aromatic carbocycles. The van der Waals surface area contributed by atoms with Gasteiger partial charge in [0, 0.05) is 44.2 Å². The summed E-state index contributed by atoms with van der Waals surface area (Å²) in [5.41, 5.74) is 2.64. The van der Waals surface area contributed by atoms with Crippen LogP contribution in [0.3, 0.4) is 0 Å². The van der Waals surface area contributed by atoms with Crippen molar-refractivity contribution >= 4 is 40.9 Å². The number of nitrogens with one attached hydrogen (secondary N) is 1.